The van der Waals surface area contributed by atoms with E-state index < -0.39 is 17.7 Å². The second-order valence-electron chi connectivity index (χ2n) is 10.2. The average Bonchev–Trinajstić information content (AvgIpc) is 3.51. The number of hydrogen-bond acceptors (Lipinski definition) is 10. The van der Waals surface area contributed by atoms with Crippen molar-refractivity contribution in [1.82, 2.24) is 15.0 Å². The van der Waals surface area contributed by atoms with Crippen LogP contribution in [0.2, 0.25) is 0 Å². The van der Waals surface area contributed by atoms with Crippen LogP contribution >= 0.6 is 0 Å². The molecule has 0 bridgehead atoms. The van der Waals surface area contributed by atoms with Crippen LogP contribution in [0.15, 0.2) is 22.7 Å². The van der Waals surface area contributed by atoms with Crippen LogP contribution in [0.1, 0.15) is 38.6 Å². The molecule has 0 spiro atoms. The smallest absolute Gasteiger partial charge is 0.433 e. The van der Waals surface area contributed by atoms with E-state index >= 15 is 0 Å². The van der Waals surface area contributed by atoms with Crippen LogP contribution in [0, 0.1) is 12.8 Å². The summed E-state index contributed by atoms with van der Waals surface area (Å²) < 4.78 is 63.3. The lowest BCUT2D eigenvalue weighted by atomic mass is 10.1. The molecule has 2 aliphatic rings. The molecule has 212 valence electrons. The first-order valence-corrected chi connectivity index (χ1v) is 12.9. The number of halogens is 3. The van der Waals surface area contributed by atoms with Crippen molar-refractivity contribution in [3.8, 4) is 11.3 Å². The fourth-order valence-electron chi connectivity index (χ4n) is 5.24. The van der Waals surface area contributed by atoms with E-state index in [1.165, 1.54) is 6.07 Å². The zero-order valence-corrected chi connectivity index (χ0v) is 22.1. The number of aryl methyl sites for hydroxylation is 1. The van der Waals surface area contributed by atoms with Gasteiger partial charge < -0.3 is 34.4 Å². The van der Waals surface area contributed by atoms with Gasteiger partial charge in [0.15, 0.2) is 11.4 Å². The Bertz CT molecular complexity index is 1330. The van der Waals surface area contributed by atoms with Gasteiger partial charge >= 0.3 is 6.18 Å². The third-order valence-electron chi connectivity index (χ3n) is 6.90. The van der Waals surface area contributed by atoms with Crippen LogP contribution in [-0.4, -0.2) is 70.5 Å². The van der Waals surface area contributed by atoms with Gasteiger partial charge in [-0.2, -0.15) is 18.2 Å². The topological polar surface area (TPSA) is 124 Å². The van der Waals surface area contributed by atoms with Gasteiger partial charge in [-0.05, 0) is 46.2 Å². The van der Waals surface area contributed by atoms with Crippen molar-refractivity contribution >= 4 is 22.7 Å². The number of nitrogens with one attached hydrogen (secondary N) is 2. The van der Waals surface area contributed by atoms with Gasteiger partial charge in [-0.3, -0.25) is 0 Å². The molecule has 0 amide bonds. The summed E-state index contributed by atoms with van der Waals surface area (Å²) in [5.41, 5.74) is 0.248. The molecule has 3 aromatic heterocycles. The van der Waals surface area contributed by atoms with Gasteiger partial charge in [-0.15, -0.1) is 0 Å². The minimum Gasteiger partial charge on any atom is -0.454 e. The van der Waals surface area contributed by atoms with Crippen LogP contribution in [0.25, 0.3) is 22.3 Å². The Morgan fingerprint density at radius 1 is 1.18 bits per heavy atom. The standard InChI is InChI=1S/C26H32F3N5O5/c1-5-36-7-6-30-24-32-13(2)20(17-9-14-10-19(26(27,28)29)31-11-18(14)37-17)23(34-24)33-16-8-15(12-35)21-22(16)39-25(3,4)38-21/h9-11,15-16,21-22,35H,5-8,12H2,1-4H3,(H2,30,32,33,34)/t15-,16-,21-,22+/m1/s1. The second-order valence-corrected chi connectivity index (χ2v) is 10.2. The second kappa shape index (κ2) is 10.5. The van der Waals surface area contributed by atoms with Crippen molar-refractivity contribution in [2.24, 2.45) is 5.92 Å². The van der Waals surface area contributed by atoms with E-state index in [4.69, 9.17) is 23.6 Å². The maximum absolute atomic E-state index is 13.2. The number of aromatic nitrogens is 3. The number of aliphatic hydroxyl groups excluding tert-OH is 1. The van der Waals surface area contributed by atoms with Gasteiger partial charge in [0, 0.05) is 31.1 Å². The number of nitrogens with zero attached hydrogens (tertiary/aromatic N) is 3. The maximum Gasteiger partial charge on any atom is 0.433 e. The van der Waals surface area contributed by atoms with Crippen molar-refractivity contribution in [2.75, 3.05) is 37.0 Å². The molecule has 1 aliphatic heterocycles. The quantitative estimate of drug-likeness (QED) is 0.330. The Labute approximate surface area is 223 Å². The van der Waals surface area contributed by atoms with Crippen LogP contribution < -0.4 is 10.6 Å². The number of anilines is 2. The molecule has 10 nitrogen and oxygen atoms in total. The Balaban J connectivity index is 1.52. The first-order valence-electron chi connectivity index (χ1n) is 12.9. The summed E-state index contributed by atoms with van der Waals surface area (Å²) in [7, 11) is 0. The lowest BCUT2D eigenvalue weighted by molar-refractivity contribution is -0.158. The number of ether oxygens (including phenoxy) is 3. The monoisotopic (exact) mass is 551 g/mol. The number of furan rings is 1. The Kier molecular flexibility index (Phi) is 7.44. The van der Waals surface area contributed by atoms with E-state index in [1.807, 2.05) is 20.8 Å². The first kappa shape index (κ1) is 27.6. The molecule has 4 heterocycles. The Hall–Kier alpha value is -3.00. The molecule has 13 heteroatoms. The highest BCUT2D eigenvalue weighted by Gasteiger charge is 2.54. The summed E-state index contributed by atoms with van der Waals surface area (Å²) in [5, 5.41) is 16.8. The van der Waals surface area contributed by atoms with Crippen molar-refractivity contribution < 1.29 is 36.9 Å². The number of alkyl halides is 3. The lowest BCUT2D eigenvalue weighted by Crippen LogP contribution is -2.35. The zero-order chi connectivity index (χ0) is 27.9. The fraction of sp³-hybridized carbons (Fsp3) is 0.577. The predicted octanol–water partition coefficient (Wildman–Crippen LogP) is 4.37. The molecule has 1 saturated carbocycles. The Morgan fingerprint density at radius 3 is 2.67 bits per heavy atom. The molecule has 1 aliphatic carbocycles. The van der Waals surface area contributed by atoms with Gasteiger partial charge in [0.05, 0.1) is 36.2 Å². The minimum atomic E-state index is -4.58. The summed E-state index contributed by atoms with van der Waals surface area (Å²) in [4.78, 5) is 12.8. The van der Waals surface area contributed by atoms with Crippen molar-refractivity contribution in [3.05, 3.63) is 29.7 Å². The van der Waals surface area contributed by atoms with Gasteiger partial charge in [0.25, 0.3) is 0 Å². The van der Waals surface area contributed by atoms with E-state index in [1.54, 1.807) is 6.92 Å². The lowest BCUT2D eigenvalue weighted by Gasteiger charge is -2.25. The van der Waals surface area contributed by atoms with Gasteiger partial charge in [-0.1, -0.05) is 0 Å². The molecule has 2 fully saturated rings. The molecule has 0 aromatic carbocycles. The van der Waals surface area contributed by atoms with Crippen LogP contribution in [0.4, 0.5) is 24.9 Å². The van der Waals surface area contributed by atoms with Crippen LogP contribution in [-0.2, 0) is 20.4 Å². The van der Waals surface area contributed by atoms with Crippen molar-refractivity contribution in [1.29, 1.82) is 0 Å². The highest BCUT2D eigenvalue weighted by Crippen LogP contribution is 2.44. The molecular formula is C26H32F3N5O5. The van der Waals surface area contributed by atoms with Crippen LogP contribution in [0.5, 0.6) is 0 Å². The fourth-order valence-corrected chi connectivity index (χ4v) is 5.24. The molecular weight excluding hydrogens is 519 g/mol. The Morgan fingerprint density at radius 2 is 1.95 bits per heavy atom. The number of fused-ring (bicyclic) bond motifs is 2. The summed E-state index contributed by atoms with van der Waals surface area (Å²) in [6.07, 6.45) is -3.59. The van der Waals surface area contributed by atoms with Gasteiger partial charge in [-0.25, -0.2) is 9.97 Å². The SMILES string of the molecule is CCOCCNc1nc(C)c(-c2cc3cc(C(F)(F)F)ncc3o2)c(N[C@@H]2C[C@H](CO)[C@H]3OC(C)(C)O[C@H]32)n1. The third kappa shape index (κ3) is 5.67. The maximum atomic E-state index is 13.2. The number of pyridine rings is 1. The van der Waals surface area contributed by atoms with Crippen LogP contribution in [0.3, 0.4) is 0 Å². The molecule has 3 N–H and O–H groups in total. The normalized spacial score (nSPS) is 24.3. The largest absolute Gasteiger partial charge is 0.454 e. The number of hydrogen-bond donors (Lipinski definition) is 3. The first-order chi connectivity index (χ1) is 18.5. The third-order valence-corrected chi connectivity index (χ3v) is 6.90. The van der Waals surface area contributed by atoms with E-state index in [9.17, 15) is 18.3 Å². The van der Waals surface area contributed by atoms with Gasteiger partial charge in [0.1, 0.15) is 23.4 Å². The van der Waals surface area contributed by atoms with E-state index in [2.05, 4.69) is 20.6 Å². The van der Waals surface area contributed by atoms with Gasteiger partial charge in [0.2, 0.25) is 5.95 Å². The van der Waals surface area contributed by atoms with E-state index in [-0.39, 0.29) is 41.7 Å². The summed E-state index contributed by atoms with van der Waals surface area (Å²) in [5.74, 6) is 0.126. The molecule has 5 rings (SSSR count). The molecule has 3 aromatic rings. The highest BCUT2D eigenvalue weighted by molar-refractivity contribution is 5.86. The number of rotatable bonds is 9. The van der Waals surface area contributed by atoms with Crippen molar-refractivity contribution in [3.63, 3.8) is 0 Å². The number of aliphatic hydroxyl groups is 1. The highest BCUT2D eigenvalue weighted by atomic mass is 19.4. The molecule has 39 heavy (non-hydrogen) atoms. The zero-order valence-electron chi connectivity index (χ0n) is 22.1. The summed E-state index contributed by atoms with van der Waals surface area (Å²) in [6, 6.07) is 2.22. The molecule has 1 saturated heterocycles. The van der Waals surface area contributed by atoms with Crippen molar-refractivity contribution in [2.45, 2.75) is 64.3 Å². The molecule has 0 radical (unpaired) electrons. The predicted molar refractivity (Wildman–Crippen MR) is 136 cm³/mol. The average molecular weight is 552 g/mol. The summed E-state index contributed by atoms with van der Waals surface area (Å²) in [6.45, 7) is 8.80. The summed E-state index contributed by atoms with van der Waals surface area (Å²) >= 11 is 0. The van der Waals surface area contributed by atoms with E-state index in [0.29, 0.717) is 55.0 Å². The molecule has 0 unspecified atom stereocenters. The molecule has 4 atom stereocenters. The van der Waals surface area contributed by atoms with E-state index in [0.717, 1.165) is 12.3 Å². The minimum absolute atomic E-state index is 0.0587.